The number of methoxy groups -OCH3 is 1. The predicted octanol–water partition coefficient (Wildman–Crippen LogP) is 5.02. The van der Waals surface area contributed by atoms with E-state index < -0.39 is 11.9 Å². The second kappa shape index (κ2) is 7.98. The van der Waals surface area contributed by atoms with Crippen molar-refractivity contribution in [1.82, 2.24) is 0 Å². The van der Waals surface area contributed by atoms with Crippen LogP contribution in [-0.4, -0.2) is 19.0 Å². The molecular weight excluding hydrogens is 364 g/mol. The predicted molar refractivity (Wildman–Crippen MR) is 112 cm³/mol. The second-order valence-corrected chi connectivity index (χ2v) is 6.52. The zero-order chi connectivity index (χ0) is 20.2. The first kappa shape index (κ1) is 18.4. The highest BCUT2D eigenvalue weighted by molar-refractivity contribution is 6.24. The van der Waals surface area contributed by atoms with Crippen LogP contribution in [0.5, 0.6) is 5.75 Å². The zero-order valence-electron chi connectivity index (χ0n) is 15.8. The molecule has 0 fully saturated rings. The van der Waals surface area contributed by atoms with Crippen molar-refractivity contribution < 1.29 is 19.1 Å². The lowest BCUT2D eigenvalue weighted by Gasteiger charge is -2.07. The standard InChI is InChI=1S/C25H18O4/c1-28-24(26)18-11-13-20(14-12-18)29-25(27)23-16-19(15-17-7-3-2-4-8-17)21-9-5-6-10-22(21)23/h2-16H,1H3/b19-15+. The quantitative estimate of drug-likeness (QED) is 0.470. The van der Waals surface area contributed by atoms with E-state index in [4.69, 9.17) is 4.74 Å². The Bertz CT molecular complexity index is 1120. The SMILES string of the molecule is COC(=O)c1ccc(OC(=O)C2=C/C(=C\c3ccccc3)c3ccccc32)cc1. The molecule has 0 unspecified atom stereocenters. The Balaban J connectivity index is 1.62. The summed E-state index contributed by atoms with van der Waals surface area (Å²) in [6.07, 6.45) is 3.90. The summed E-state index contributed by atoms with van der Waals surface area (Å²) >= 11 is 0. The van der Waals surface area contributed by atoms with E-state index in [0.29, 0.717) is 16.9 Å². The highest BCUT2D eigenvalue weighted by Gasteiger charge is 2.24. The summed E-state index contributed by atoms with van der Waals surface area (Å²) in [5.41, 5.74) is 4.74. The molecule has 1 aliphatic carbocycles. The third-order valence-corrected chi connectivity index (χ3v) is 4.66. The monoisotopic (exact) mass is 382 g/mol. The van der Waals surface area contributed by atoms with Crippen LogP contribution in [0.25, 0.3) is 17.2 Å². The van der Waals surface area contributed by atoms with Crippen LogP contribution in [0.15, 0.2) is 84.9 Å². The lowest BCUT2D eigenvalue weighted by molar-refractivity contribution is -0.127. The van der Waals surface area contributed by atoms with Crippen LogP contribution in [0.4, 0.5) is 0 Å². The number of fused-ring (bicyclic) bond motifs is 1. The molecule has 0 heterocycles. The van der Waals surface area contributed by atoms with Crippen molar-refractivity contribution in [3.63, 3.8) is 0 Å². The van der Waals surface area contributed by atoms with Crippen molar-refractivity contribution in [2.45, 2.75) is 0 Å². The average molecular weight is 382 g/mol. The highest BCUT2D eigenvalue weighted by Crippen LogP contribution is 2.37. The van der Waals surface area contributed by atoms with Gasteiger partial charge < -0.3 is 9.47 Å². The van der Waals surface area contributed by atoms with E-state index in [2.05, 4.69) is 4.74 Å². The number of hydrogen-bond acceptors (Lipinski definition) is 4. The fourth-order valence-corrected chi connectivity index (χ4v) is 3.24. The van der Waals surface area contributed by atoms with Crippen molar-refractivity contribution in [1.29, 1.82) is 0 Å². The Hall–Kier alpha value is -3.92. The van der Waals surface area contributed by atoms with Gasteiger partial charge in [0.1, 0.15) is 5.75 Å². The summed E-state index contributed by atoms with van der Waals surface area (Å²) in [6.45, 7) is 0. The van der Waals surface area contributed by atoms with E-state index in [-0.39, 0.29) is 0 Å². The zero-order valence-corrected chi connectivity index (χ0v) is 15.8. The Morgan fingerprint density at radius 2 is 1.41 bits per heavy atom. The number of esters is 2. The van der Waals surface area contributed by atoms with Crippen LogP contribution in [0.2, 0.25) is 0 Å². The molecule has 4 heteroatoms. The Kier molecular flexibility index (Phi) is 5.08. The molecule has 0 amide bonds. The average Bonchev–Trinajstić information content (AvgIpc) is 3.13. The van der Waals surface area contributed by atoms with Crippen molar-refractivity contribution in [2.75, 3.05) is 7.11 Å². The number of hydrogen-bond donors (Lipinski definition) is 0. The summed E-state index contributed by atoms with van der Waals surface area (Å²) in [4.78, 5) is 24.4. The third-order valence-electron chi connectivity index (χ3n) is 4.66. The smallest absolute Gasteiger partial charge is 0.344 e. The van der Waals surface area contributed by atoms with Gasteiger partial charge in [-0.1, -0.05) is 54.6 Å². The van der Waals surface area contributed by atoms with E-state index in [1.165, 1.54) is 7.11 Å². The van der Waals surface area contributed by atoms with Crippen molar-refractivity contribution in [2.24, 2.45) is 0 Å². The van der Waals surface area contributed by atoms with E-state index in [0.717, 1.165) is 22.3 Å². The first-order valence-corrected chi connectivity index (χ1v) is 9.14. The lowest BCUT2D eigenvalue weighted by atomic mass is 10.0. The Morgan fingerprint density at radius 3 is 2.10 bits per heavy atom. The summed E-state index contributed by atoms with van der Waals surface area (Å²) in [6, 6.07) is 24.0. The number of ether oxygens (including phenoxy) is 2. The number of carbonyl (C=O) groups is 2. The summed E-state index contributed by atoms with van der Waals surface area (Å²) in [5.74, 6) is -0.521. The van der Waals surface area contributed by atoms with E-state index in [9.17, 15) is 9.59 Å². The fourth-order valence-electron chi connectivity index (χ4n) is 3.24. The van der Waals surface area contributed by atoms with Gasteiger partial charge in [0.05, 0.1) is 18.2 Å². The highest BCUT2D eigenvalue weighted by atomic mass is 16.5. The summed E-state index contributed by atoms with van der Waals surface area (Å²) in [5, 5.41) is 0. The van der Waals surface area contributed by atoms with Gasteiger partial charge in [0.25, 0.3) is 0 Å². The van der Waals surface area contributed by atoms with Gasteiger partial charge in [-0.15, -0.1) is 0 Å². The molecule has 4 rings (SSSR count). The molecule has 0 spiro atoms. The minimum Gasteiger partial charge on any atom is -0.465 e. The van der Waals surface area contributed by atoms with Crippen LogP contribution >= 0.6 is 0 Å². The van der Waals surface area contributed by atoms with E-state index >= 15 is 0 Å². The van der Waals surface area contributed by atoms with Crippen LogP contribution in [0.1, 0.15) is 27.0 Å². The maximum atomic E-state index is 12.8. The van der Waals surface area contributed by atoms with Gasteiger partial charge in [0, 0.05) is 0 Å². The Labute approximate surface area is 168 Å². The minimum absolute atomic E-state index is 0.363. The molecule has 0 bridgehead atoms. The number of allylic oxidation sites excluding steroid dienone is 2. The fraction of sp³-hybridized carbons (Fsp3) is 0.0400. The number of carbonyl (C=O) groups excluding carboxylic acids is 2. The molecule has 29 heavy (non-hydrogen) atoms. The number of benzene rings is 3. The van der Waals surface area contributed by atoms with E-state index in [1.807, 2.05) is 66.7 Å². The molecule has 4 nitrogen and oxygen atoms in total. The molecule has 3 aromatic rings. The first-order valence-electron chi connectivity index (χ1n) is 9.14. The molecule has 0 saturated carbocycles. The summed E-state index contributed by atoms with van der Waals surface area (Å²) in [7, 11) is 1.32. The van der Waals surface area contributed by atoms with Crippen molar-refractivity contribution in [3.8, 4) is 5.75 Å². The van der Waals surface area contributed by atoms with Crippen LogP contribution in [-0.2, 0) is 9.53 Å². The second-order valence-electron chi connectivity index (χ2n) is 6.52. The van der Waals surface area contributed by atoms with Gasteiger partial charge in [-0.2, -0.15) is 0 Å². The largest absolute Gasteiger partial charge is 0.465 e. The topological polar surface area (TPSA) is 52.6 Å². The Morgan fingerprint density at radius 1 is 0.759 bits per heavy atom. The molecule has 0 N–H and O–H groups in total. The van der Waals surface area contributed by atoms with Gasteiger partial charge in [-0.3, -0.25) is 0 Å². The van der Waals surface area contributed by atoms with Crippen molar-refractivity contribution >= 4 is 29.2 Å². The molecule has 0 saturated heterocycles. The minimum atomic E-state index is -0.445. The molecular formula is C25H18O4. The van der Waals surface area contributed by atoms with Gasteiger partial charge in [-0.25, -0.2) is 9.59 Å². The molecule has 0 atom stereocenters. The normalized spacial score (nSPS) is 13.6. The number of rotatable bonds is 4. The van der Waals surface area contributed by atoms with Crippen molar-refractivity contribution in [3.05, 3.63) is 107 Å². The first-order chi connectivity index (χ1) is 14.2. The van der Waals surface area contributed by atoms with Gasteiger partial charge >= 0.3 is 11.9 Å². The molecule has 0 aliphatic heterocycles. The van der Waals surface area contributed by atoms with Gasteiger partial charge in [0.2, 0.25) is 0 Å². The van der Waals surface area contributed by atoms with Crippen LogP contribution in [0.3, 0.4) is 0 Å². The van der Waals surface area contributed by atoms with Gasteiger partial charge in [-0.05, 0) is 58.7 Å². The van der Waals surface area contributed by atoms with E-state index in [1.54, 1.807) is 24.3 Å². The van der Waals surface area contributed by atoms with Gasteiger partial charge in [0.15, 0.2) is 0 Å². The molecule has 3 aromatic carbocycles. The summed E-state index contributed by atoms with van der Waals surface area (Å²) < 4.78 is 10.2. The molecule has 0 aromatic heterocycles. The third kappa shape index (κ3) is 3.87. The molecule has 142 valence electrons. The maximum Gasteiger partial charge on any atom is 0.344 e. The van der Waals surface area contributed by atoms with Crippen LogP contribution in [0, 0.1) is 0 Å². The lowest BCUT2D eigenvalue weighted by Crippen LogP contribution is -2.10. The maximum absolute atomic E-state index is 12.8. The van der Waals surface area contributed by atoms with Crippen LogP contribution < -0.4 is 4.74 Å². The molecule has 1 aliphatic rings. The molecule has 0 radical (unpaired) electrons.